The molecule has 2 aromatic carbocycles. The Labute approximate surface area is 129 Å². The van der Waals surface area contributed by atoms with Crippen LogP contribution in [-0.2, 0) is 0 Å². The molecule has 0 spiro atoms. The third-order valence-corrected chi connectivity index (χ3v) is 4.28. The molecule has 1 atom stereocenters. The zero-order chi connectivity index (χ0) is 15.1. The van der Waals surface area contributed by atoms with Gasteiger partial charge in [-0.25, -0.2) is 4.39 Å². The van der Waals surface area contributed by atoms with Gasteiger partial charge in [-0.1, -0.05) is 18.2 Å². The van der Waals surface area contributed by atoms with Gasteiger partial charge in [0.25, 0.3) is 0 Å². The number of benzene rings is 2. The molecule has 2 aromatic rings. The Kier molecular flexibility index (Phi) is 6.08. The lowest BCUT2D eigenvalue weighted by Gasteiger charge is -2.16. The third kappa shape index (κ3) is 4.76. The van der Waals surface area contributed by atoms with Crippen LogP contribution >= 0.6 is 11.8 Å². The molecular weight excluding hydrogens is 285 g/mol. The first kappa shape index (κ1) is 15.9. The minimum atomic E-state index is -0.186. The number of halogens is 1. The molecule has 2 rings (SSSR count). The van der Waals surface area contributed by atoms with Crippen LogP contribution < -0.4 is 5.32 Å². The maximum absolute atomic E-state index is 13.7. The summed E-state index contributed by atoms with van der Waals surface area (Å²) in [5.41, 5.74) is 1.64. The normalized spacial score (nSPS) is 12.1. The number of anilines is 1. The van der Waals surface area contributed by atoms with Crippen molar-refractivity contribution in [2.24, 2.45) is 0 Å². The molecule has 0 fully saturated rings. The molecule has 0 bridgehead atoms. The molecule has 0 saturated carbocycles. The molecule has 2 nitrogen and oxygen atoms in total. The van der Waals surface area contributed by atoms with Gasteiger partial charge in [0, 0.05) is 28.5 Å². The molecule has 21 heavy (non-hydrogen) atoms. The highest BCUT2D eigenvalue weighted by atomic mass is 32.2. The Morgan fingerprint density at radius 2 is 1.86 bits per heavy atom. The first-order valence-electron chi connectivity index (χ1n) is 7.05. The fourth-order valence-electron chi connectivity index (χ4n) is 2.06. The minimum absolute atomic E-state index is 0.0842. The van der Waals surface area contributed by atoms with Crippen molar-refractivity contribution in [3.63, 3.8) is 0 Å². The number of aliphatic hydroxyl groups is 1. The van der Waals surface area contributed by atoms with Crippen molar-refractivity contribution in [2.75, 3.05) is 17.7 Å². The Morgan fingerprint density at radius 1 is 1.14 bits per heavy atom. The molecular formula is C17H20FNOS. The van der Waals surface area contributed by atoms with Gasteiger partial charge in [0.05, 0.1) is 6.04 Å². The number of rotatable bonds is 7. The van der Waals surface area contributed by atoms with E-state index >= 15 is 0 Å². The predicted molar refractivity (Wildman–Crippen MR) is 87.3 cm³/mol. The lowest BCUT2D eigenvalue weighted by Crippen LogP contribution is -2.08. The molecule has 0 heterocycles. The maximum atomic E-state index is 13.7. The fourth-order valence-corrected chi connectivity index (χ4v) is 2.89. The van der Waals surface area contributed by atoms with E-state index in [2.05, 4.69) is 5.32 Å². The van der Waals surface area contributed by atoms with Crippen LogP contribution in [0, 0.1) is 5.82 Å². The standard InChI is InChI=1S/C17H20FNOS/c1-13(16-5-2-3-6-17(16)18)19-14-7-9-15(10-8-14)21-12-4-11-20/h2-3,5-10,13,19-20H,4,11-12H2,1H3. The number of hydrogen-bond acceptors (Lipinski definition) is 3. The largest absolute Gasteiger partial charge is 0.396 e. The van der Waals surface area contributed by atoms with Crippen molar-refractivity contribution in [3.8, 4) is 0 Å². The van der Waals surface area contributed by atoms with E-state index in [9.17, 15) is 4.39 Å². The Morgan fingerprint density at radius 3 is 2.52 bits per heavy atom. The van der Waals surface area contributed by atoms with Gasteiger partial charge in [-0.2, -0.15) is 0 Å². The Balaban J connectivity index is 1.95. The van der Waals surface area contributed by atoms with Crippen LogP contribution in [0.25, 0.3) is 0 Å². The molecule has 0 aromatic heterocycles. The molecule has 112 valence electrons. The summed E-state index contributed by atoms with van der Waals surface area (Å²) in [6.45, 7) is 2.18. The highest BCUT2D eigenvalue weighted by Crippen LogP contribution is 2.24. The summed E-state index contributed by atoms with van der Waals surface area (Å²) in [5.74, 6) is 0.725. The van der Waals surface area contributed by atoms with E-state index in [4.69, 9.17) is 5.11 Å². The van der Waals surface area contributed by atoms with Crippen LogP contribution in [0.15, 0.2) is 53.4 Å². The Bertz CT molecular complexity index is 559. The molecule has 2 N–H and O–H groups in total. The molecule has 0 aliphatic rings. The third-order valence-electron chi connectivity index (χ3n) is 3.18. The van der Waals surface area contributed by atoms with Gasteiger partial charge in [-0.3, -0.25) is 0 Å². The Hall–Kier alpha value is -1.52. The summed E-state index contributed by atoms with van der Waals surface area (Å²) in [7, 11) is 0. The SMILES string of the molecule is CC(Nc1ccc(SCCCO)cc1)c1ccccc1F. The van der Waals surface area contributed by atoms with Gasteiger partial charge in [-0.15, -0.1) is 11.8 Å². The maximum Gasteiger partial charge on any atom is 0.128 e. The van der Waals surface area contributed by atoms with E-state index < -0.39 is 0 Å². The van der Waals surface area contributed by atoms with E-state index in [0.29, 0.717) is 5.56 Å². The second-order valence-electron chi connectivity index (χ2n) is 4.84. The number of aliphatic hydroxyl groups excluding tert-OH is 1. The van der Waals surface area contributed by atoms with E-state index in [1.54, 1.807) is 23.9 Å². The van der Waals surface area contributed by atoms with Crippen LogP contribution in [0.1, 0.15) is 24.9 Å². The predicted octanol–water partition coefficient (Wildman–Crippen LogP) is 4.47. The topological polar surface area (TPSA) is 32.3 Å². The fraction of sp³-hybridized carbons (Fsp3) is 0.294. The number of nitrogens with one attached hydrogen (secondary N) is 1. The molecule has 0 radical (unpaired) electrons. The van der Waals surface area contributed by atoms with Crippen LogP contribution in [0.3, 0.4) is 0 Å². The van der Waals surface area contributed by atoms with Crippen molar-refractivity contribution in [1.82, 2.24) is 0 Å². The molecule has 4 heteroatoms. The molecule has 0 amide bonds. The monoisotopic (exact) mass is 305 g/mol. The summed E-state index contributed by atoms with van der Waals surface area (Å²) >= 11 is 1.72. The zero-order valence-electron chi connectivity index (χ0n) is 12.1. The van der Waals surface area contributed by atoms with E-state index in [1.807, 2.05) is 37.3 Å². The zero-order valence-corrected chi connectivity index (χ0v) is 12.9. The molecule has 0 aliphatic carbocycles. The molecule has 0 saturated heterocycles. The lowest BCUT2D eigenvalue weighted by atomic mass is 10.1. The van der Waals surface area contributed by atoms with Gasteiger partial charge in [0.2, 0.25) is 0 Å². The van der Waals surface area contributed by atoms with Crippen LogP contribution in [0.4, 0.5) is 10.1 Å². The summed E-state index contributed by atoms with van der Waals surface area (Å²) in [5, 5.41) is 12.1. The smallest absolute Gasteiger partial charge is 0.128 e. The first-order chi connectivity index (χ1) is 10.2. The highest BCUT2D eigenvalue weighted by molar-refractivity contribution is 7.99. The van der Waals surface area contributed by atoms with Crippen molar-refractivity contribution in [2.45, 2.75) is 24.3 Å². The van der Waals surface area contributed by atoms with Crippen LogP contribution in [0.5, 0.6) is 0 Å². The average molecular weight is 305 g/mol. The van der Waals surface area contributed by atoms with Gasteiger partial charge < -0.3 is 10.4 Å². The van der Waals surface area contributed by atoms with Crippen LogP contribution in [-0.4, -0.2) is 17.5 Å². The van der Waals surface area contributed by atoms with Gasteiger partial charge in [-0.05, 0) is 43.7 Å². The molecule has 0 aliphatic heterocycles. The minimum Gasteiger partial charge on any atom is -0.396 e. The van der Waals surface area contributed by atoms with E-state index in [-0.39, 0.29) is 18.5 Å². The van der Waals surface area contributed by atoms with Crippen molar-refractivity contribution < 1.29 is 9.50 Å². The number of thioether (sulfide) groups is 1. The van der Waals surface area contributed by atoms with Gasteiger partial charge in [0.1, 0.15) is 5.82 Å². The average Bonchev–Trinajstić information content (AvgIpc) is 2.49. The second kappa shape index (κ2) is 8.05. The summed E-state index contributed by atoms with van der Waals surface area (Å²) in [6, 6.07) is 14.8. The van der Waals surface area contributed by atoms with Gasteiger partial charge in [0.15, 0.2) is 0 Å². The molecule has 1 unspecified atom stereocenters. The van der Waals surface area contributed by atoms with Crippen molar-refractivity contribution in [3.05, 3.63) is 59.9 Å². The van der Waals surface area contributed by atoms with E-state index in [0.717, 1.165) is 17.9 Å². The first-order valence-corrected chi connectivity index (χ1v) is 8.04. The summed E-state index contributed by atoms with van der Waals surface area (Å²) in [6.07, 6.45) is 0.801. The number of hydrogen-bond donors (Lipinski definition) is 2. The van der Waals surface area contributed by atoms with Crippen molar-refractivity contribution in [1.29, 1.82) is 0 Å². The highest BCUT2D eigenvalue weighted by Gasteiger charge is 2.09. The van der Waals surface area contributed by atoms with Crippen molar-refractivity contribution >= 4 is 17.4 Å². The van der Waals surface area contributed by atoms with E-state index in [1.165, 1.54) is 11.0 Å². The van der Waals surface area contributed by atoms with Gasteiger partial charge >= 0.3 is 0 Å². The summed E-state index contributed by atoms with van der Waals surface area (Å²) < 4.78 is 13.7. The lowest BCUT2D eigenvalue weighted by molar-refractivity contribution is 0.296. The summed E-state index contributed by atoms with van der Waals surface area (Å²) in [4.78, 5) is 1.17. The van der Waals surface area contributed by atoms with Crippen LogP contribution in [0.2, 0.25) is 0 Å². The second-order valence-corrected chi connectivity index (χ2v) is 6.01. The quantitative estimate of drug-likeness (QED) is 0.584.